The lowest BCUT2D eigenvalue weighted by molar-refractivity contribution is -0.153. The van der Waals surface area contributed by atoms with E-state index in [9.17, 15) is 37.1 Å². The number of aryl methyl sites for hydroxylation is 4. The van der Waals surface area contributed by atoms with Gasteiger partial charge in [-0.05, 0) is 94.4 Å². The molecule has 4 saturated heterocycles. The van der Waals surface area contributed by atoms with Gasteiger partial charge in [0.1, 0.15) is 5.54 Å². The van der Waals surface area contributed by atoms with Crippen molar-refractivity contribution in [3.63, 3.8) is 0 Å². The van der Waals surface area contributed by atoms with E-state index >= 15 is 0 Å². The number of aliphatic hydroxyl groups is 1. The Kier molecular flexibility index (Phi) is 13.1. The zero-order chi connectivity index (χ0) is 49.7. The average molecular weight is 1010 g/mol. The molecule has 4 heterocycles. The summed E-state index contributed by atoms with van der Waals surface area (Å²) in [5.74, 6) is -6.07. The van der Waals surface area contributed by atoms with Gasteiger partial charge in [-0.2, -0.15) is 0 Å². The van der Waals surface area contributed by atoms with Crippen molar-refractivity contribution in [1.82, 2.24) is 0 Å². The zero-order valence-corrected chi connectivity index (χ0v) is 40.4. The molecule has 15 heteroatoms. The maximum absolute atomic E-state index is 14.3. The van der Waals surface area contributed by atoms with Crippen molar-refractivity contribution in [3.05, 3.63) is 189 Å². The SMILES string of the molecule is CC(F)(F)c1cccc(Br)c1.Cc1ccc(N2C(=O)N(c3ccc(C)cc3)C(O)(c3cccc(C(C)(F)F)c3)C23COC3)cc1.Cc1ccc(N2C(=O)N(c3ccc(C)cc3)C3(COC3)C2=O)cc1. The van der Waals surface area contributed by atoms with Crippen LogP contribution in [-0.2, 0) is 31.8 Å². The molecule has 0 saturated carbocycles. The number of amides is 5. The first-order valence-corrected chi connectivity index (χ1v) is 23.0. The number of anilines is 4. The zero-order valence-electron chi connectivity index (χ0n) is 38.9. The summed E-state index contributed by atoms with van der Waals surface area (Å²) in [5.41, 5.74) is 2.50. The van der Waals surface area contributed by atoms with Crippen molar-refractivity contribution in [3.8, 4) is 0 Å². The van der Waals surface area contributed by atoms with E-state index in [0.717, 1.165) is 41.8 Å². The first-order chi connectivity index (χ1) is 32.6. The lowest BCUT2D eigenvalue weighted by Crippen LogP contribution is -2.70. The molecular formula is C54H51BrF4N4O6. The Bertz CT molecular complexity index is 2860. The Morgan fingerprint density at radius 3 is 1.32 bits per heavy atom. The smallest absolute Gasteiger partial charge is 0.337 e. The maximum Gasteiger partial charge on any atom is 0.337 e. The van der Waals surface area contributed by atoms with E-state index in [1.807, 2.05) is 100 Å². The third-order valence-electron chi connectivity index (χ3n) is 12.8. The highest BCUT2D eigenvalue weighted by molar-refractivity contribution is 9.10. The number of ether oxygens (including phenoxy) is 2. The summed E-state index contributed by atoms with van der Waals surface area (Å²) in [4.78, 5) is 45.9. The largest absolute Gasteiger partial charge is 0.376 e. The van der Waals surface area contributed by atoms with E-state index in [0.29, 0.717) is 21.5 Å². The number of halogens is 5. The molecule has 1 N–H and O–H groups in total. The maximum atomic E-state index is 14.3. The number of urea groups is 2. The number of hydrogen-bond donors (Lipinski definition) is 1. The van der Waals surface area contributed by atoms with Gasteiger partial charge in [-0.3, -0.25) is 19.5 Å². The summed E-state index contributed by atoms with van der Waals surface area (Å²) in [6.07, 6.45) is 0. The lowest BCUT2D eigenvalue weighted by atomic mass is 9.78. The molecule has 0 aromatic heterocycles. The number of nitrogens with zero attached hydrogens (tertiary/aromatic N) is 4. The fourth-order valence-corrected chi connectivity index (χ4v) is 9.22. The molecule has 10 rings (SSSR count). The molecule has 69 heavy (non-hydrogen) atoms. The van der Waals surface area contributed by atoms with Crippen LogP contribution >= 0.6 is 15.9 Å². The summed E-state index contributed by atoms with van der Waals surface area (Å²) in [6.45, 7) is 10.1. The number of alkyl halides is 4. The van der Waals surface area contributed by atoms with Crippen LogP contribution in [-0.4, -0.2) is 60.6 Å². The molecule has 4 aliphatic rings. The molecule has 10 nitrogen and oxygen atoms in total. The molecule has 1 unspecified atom stereocenters. The van der Waals surface area contributed by atoms with Crippen LogP contribution in [0.15, 0.2) is 150 Å². The average Bonchev–Trinajstić information content (AvgIpc) is 3.65. The first-order valence-electron chi connectivity index (χ1n) is 22.2. The van der Waals surface area contributed by atoms with E-state index in [1.165, 1.54) is 40.1 Å². The second-order valence-electron chi connectivity index (χ2n) is 18.1. The highest BCUT2D eigenvalue weighted by Gasteiger charge is 2.72. The van der Waals surface area contributed by atoms with Crippen molar-refractivity contribution >= 4 is 56.6 Å². The van der Waals surface area contributed by atoms with Crippen molar-refractivity contribution in [1.29, 1.82) is 0 Å². The van der Waals surface area contributed by atoms with Crippen molar-refractivity contribution in [2.24, 2.45) is 0 Å². The molecule has 0 bridgehead atoms. The van der Waals surface area contributed by atoms with Gasteiger partial charge in [0.05, 0.1) is 32.1 Å². The van der Waals surface area contributed by atoms with Crippen LogP contribution < -0.4 is 19.6 Å². The van der Waals surface area contributed by atoms with Crippen molar-refractivity contribution < 1.29 is 46.5 Å². The van der Waals surface area contributed by atoms with Crippen LogP contribution in [0.25, 0.3) is 0 Å². The van der Waals surface area contributed by atoms with Gasteiger partial charge in [0.25, 0.3) is 17.8 Å². The van der Waals surface area contributed by atoms with E-state index in [4.69, 9.17) is 9.47 Å². The van der Waals surface area contributed by atoms with Crippen LogP contribution in [0.5, 0.6) is 0 Å². The van der Waals surface area contributed by atoms with Crippen LogP contribution in [0.3, 0.4) is 0 Å². The third-order valence-corrected chi connectivity index (χ3v) is 13.3. The minimum Gasteiger partial charge on any atom is -0.376 e. The number of benzene rings is 6. The lowest BCUT2D eigenvalue weighted by Gasteiger charge is -2.51. The highest BCUT2D eigenvalue weighted by Crippen LogP contribution is 2.54. The minimum atomic E-state index is -3.11. The molecule has 6 aromatic carbocycles. The molecule has 2 spiro atoms. The Labute approximate surface area is 406 Å². The topological polar surface area (TPSA) is 103 Å². The van der Waals surface area contributed by atoms with Crippen molar-refractivity contribution in [2.45, 2.75) is 70.2 Å². The molecule has 358 valence electrons. The Morgan fingerprint density at radius 1 is 0.522 bits per heavy atom. The quantitative estimate of drug-likeness (QED) is 0.126. The Balaban J connectivity index is 0.000000158. The van der Waals surface area contributed by atoms with Crippen LogP contribution in [0.4, 0.5) is 49.9 Å². The highest BCUT2D eigenvalue weighted by atomic mass is 79.9. The fourth-order valence-electron chi connectivity index (χ4n) is 8.82. The fraction of sp³-hybridized carbons (Fsp3) is 0.278. The summed E-state index contributed by atoms with van der Waals surface area (Å²) < 4.78 is 65.3. The molecule has 4 fully saturated rings. The van der Waals surface area contributed by atoms with Crippen LogP contribution in [0.1, 0.15) is 52.8 Å². The monoisotopic (exact) mass is 1010 g/mol. The van der Waals surface area contributed by atoms with Gasteiger partial charge in [0, 0.05) is 52.1 Å². The standard InChI is InChI=1S/C27H26F2N2O3.C19H18N2O3.C8H7BrF2/c1-18-7-11-22(12-8-18)30-24(32)31(23-13-9-19(2)10-14-23)27(33,26(30)16-34-17-26)21-6-4-5-20(15-21)25(3,28)29;1-13-3-7-15(8-4-13)20-17(22)19(11-24-12-19)21(18(20)23)16-9-5-14(2)6-10-16;1-8(10,11)6-3-2-4-7(9)5-6/h4-15,33H,16-17H2,1-3H3;3-10H,11-12H2,1-2H3;2-5H,1H3. The second kappa shape index (κ2) is 18.5. The molecule has 4 aliphatic heterocycles. The van der Waals surface area contributed by atoms with E-state index < -0.39 is 34.7 Å². The minimum absolute atomic E-state index is 0.0341. The second-order valence-corrected chi connectivity index (χ2v) is 19.1. The number of rotatable bonds is 7. The predicted octanol–water partition coefficient (Wildman–Crippen LogP) is 12.1. The van der Waals surface area contributed by atoms with E-state index in [1.54, 1.807) is 52.3 Å². The van der Waals surface area contributed by atoms with Gasteiger partial charge in [-0.15, -0.1) is 0 Å². The van der Waals surface area contributed by atoms with Gasteiger partial charge in [-0.25, -0.2) is 32.1 Å². The van der Waals surface area contributed by atoms with Crippen LogP contribution in [0, 0.1) is 27.7 Å². The van der Waals surface area contributed by atoms with Crippen LogP contribution in [0.2, 0.25) is 0 Å². The summed E-state index contributed by atoms with van der Waals surface area (Å²) in [6, 6.07) is 40.7. The van der Waals surface area contributed by atoms with Gasteiger partial charge in [-0.1, -0.05) is 117 Å². The first kappa shape index (κ1) is 49.0. The van der Waals surface area contributed by atoms with Gasteiger partial charge >= 0.3 is 12.1 Å². The predicted molar refractivity (Wildman–Crippen MR) is 261 cm³/mol. The number of carbonyl (C=O) groups excluding carboxylic acids is 3. The summed E-state index contributed by atoms with van der Waals surface area (Å²) in [5, 5.41) is 12.5. The van der Waals surface area contributed by atoms with Crippen molar-refractivity contribution in [2.75, 3.05) is 46.0 Å². The molecule has 0 aliphatic carbocycles. The summed E-state index contributed by atoms with van der Waals surface area (Å²) >= 11 is 3.12. The molecule has 6 aromatic rings. The number of hydrogen-bond acceptors (Lipinski definition) is 6. The number of imide groups is 1. The molecule has 0 radical (unpaired) electrons. The van der Waals surface area contributed by atoms with Gasteiger partial charge in [0.15, 0.2) is 5.54 Å². The van der Waals surface area contributed by atoms with Gasteiger partial charge in [0.2, 0.25) is 5.72 Å². The molecular weight excluding hydrogens is 957 g/mol. The van der Waals surface area contributed by atoms with E-state index in [-0.39, 0.29) is 55.1 Å². The third kappa shape index (κ3) is 8.93. The summed E-state index contributed by atoms with van der Waals surface area (Å²) in [7, 11) is 0. The molecule has 1 atom stereocenters. The number of carbonyl (C=O) groups is 3. The normalized spacial score (nSPS) is 19.2. The van der Waals surface area contributed by atoms with E-state index in [2.05, 4.69) is 15.9 Å². The Hall–Kier alpha value is -6.39. The molecule has 5 amide bonds. The Morgan fingerprint density at radius 2 is 0.928 bits per heavy atom. The van der Waals surface area contributed by atoms with Gasteiger partial charge < -0.3 is 14.6 Å².